The van der Waals surface area contributed by atoms with Gasteiger partial charge in [-0.2, -0.15) is 5.26 Å². The van der Waals surface area contributed by atoms with E-state index in [0.717, 1.165) is 56.7 Å². The molecule has 0 unspecified atom stereocenters. The van der Waals surface area contributed by atoms with Gasteiger partial charge in [-0.05, 0) is 54.3 Å². The lowest BCUT2D eigenvalue weighted by molar-refractivity contribution is 0.350. The van der Waals surface area contributed by atoms with Crippen LogP contribution in [-0.2, 0) is 6.54 Å². The summed E-state index contributed by atoms with van der Waals surface area (Å²) in [5.41, 5.74) is 5.25. The standard InChI is InChI=1S/C27H32N6/c1-20-15-23(31-17-21-4-7-24(8-5-21)32-13-11-29-12-14-32)19-33(18-20)26-9-6-22(16-28)27-25(26)3-2-10-30-27/h2-10,20,23,29,31H,11-15,17-19H2,1H3/t20-,23+/m0/s1. The second-order valence-electron chi connectivity index (χ2n) is 9.37. The quantitative estimate of drug-likeness (QED) is 0.633. The van der Waals surface area contributed by atoms with Gasteiger partial charge < -0.3 is 20.4 Å². The Balaban J connectivity index is 1.26. The van der Waals surface area contributed by atoms with Crippen molar-refractivity contribution in [3.63, 3.8) is 0 Å². The molecule has 2 aromatic carbocycles. The molecule has 3 aromatic rings. The van der Waals surface area contributed by atoms with Crippen molar-refractivity contribution in [2.75, 3.05) is 49.1 Å². The van der Waals surface area contributed by atoms with Gasteiger partial charge in [0.1, 0.15) is 6.07 Å². The molecule has 0 bridgehead atoms. The lowest BCUT2D eigenvalue weighted by Crippen LogP contribution is -2.48. The zero-order chi connectivity index (χ0) is 22.6. The van der Waals surface area contributed by atoms with Crippen molar-refractivity contribution in [2.45, 2.75) is 25.9 Å². The molecule has 2 aliphatic rings. The van der Waals surface area contributed by atoms with Gasteiger partial charge in [-0.3, -0.25) is 4.98 Å². The first-order valence-corrected chi connectivity index (χ1v) is 12.0. The summed E-state index contributed by atoms with van der Waals surface area (Å²) in [7, 11) is 0. The summed E-state index contributed by atoms with van der Waals surface area (Å²) in [6.45, 7) is 9.46. The predicted octanol–water partition coefficient (Wildman–Crippen LogP) is 3.52. The highest BCUT2D eigenvalue weighted by atomic mass is 15.2. The topological polar surface area (TPSA) is 67.2 Å². The molecule has 33 heavy (non-hydrogen) atoms. The maximum absolute atomic E-state index is 9.47. The fraction of sp³-hybridized carbons (Fsp3) is 0.407. The van der Waals surface area contributed by atoms with Crippen molar-refractivity contribution in [3.8, 4) is 6.07 Å². The number of hydrogen-bond acceptors (Lipinski definition) is 6. The smallest absolute Gasteiger partial charge is 0.101 e. The van der Waals surface area contributed by atoms with Crippen LogP contribution in [0.25, 0.3) is 10.9 Å². The van der Waals surface area contributed by atoms with Crippen LogP contribution >= 0.6 is 0 Å². The minimum absolute atomic E-state index is 0.420. The molecule has 6 nitrogen and oxygen atoms in total. The van der Waals surface area contributed by atoms with Crippen LogP contribution in [0.4, 0.5) is 11.4 Å². The van der Waals surface area contributed by atoms with Crippen LogP contribution in [0.2, 0.25) is 0 Å². The minimum atomic E-state index is 0.420. The van der Waals surface area contributed by atoms with Gasteiger partial charge in [-0.15, -0.1) is 0 Å². The number of pyridine rings is 1. The van der Waals surface area contributed by atoms with Crippen LogP contribution in [-0.4, -0.2) is 50.3 Å². The number of nitriles is 1. The average molecular weight is 441 g/mol. The van der Waals surface area contributed by atoms with Gasteiger partial charge >= 0.3 is 0 Å². The lowest BCUT2D eigenvalue weighted by atomic mass is 9.94. The molecule has 170 valence electrons. The Kier molecular flexibility index (Phi) is 6.43. The van der Waals surface area contributed by atoms with Gasteiger partial charge in [0.05, 0.1) is 11.1 Å². The Morgan fingerprint density at radius 1 is 1.06 bits per heavy atom. The average Bonchev–Trinajstić information content (AvgIpc) is 2.87. The van der Waals surface area contributed by atoms with Crippen molar-refractivity contribution in [1.29, 1.82) is 5.26 Å². The monoisotopic (exact) mass is 440 g/mol. The van der Waals surface area contributed by atoms with Crippen molar-refractivity contribution >= 4 is 22.3 Å². The molecule has 2 atom stereocenters. The number of rotatable bonds is 5. The van der Waals surface area contributed by atoms with E-state index in [4.69, 9.17) is 0 Å². The molecule has 0 saturated carbocycles. The molecule has 2 fully saturated rings. The third-order valence-corrected chi connectivity index (χ3v) is 6.88. The highest BCUT2D eigenvalue weighted by Gasteiger charge is 2.26. The number of nitrogens with zero attached hydrogens (tertiary/aromatic N) is 4. The first kappa shape index (κ1) is 21.7. The van der Waals surface area contributed by atoms with E-state index < -0.39 is 0 Å². The van der Waals surface area contributed by atoms with Crippen LogP contribution in [0.3, 0.4) is 0 Å². The number of hydrogen-bond donors (Lipinski definition) is 2. The largest absolute Gasteiger partial charge is 0.369 e. The second kappa shape index (κ2) is 9.78. The van der Waals surface area contributed by atoms with E-state index >= 15 is 0 Å². The Morgan fingerprint density at radius 3 is 2.67 bits per heavy atom. The summed E-state index contributed by atoms with van der Waals surface area (Å²) >= 11 is 0. The Bertz CT molecular complexity index is 1130. The number of piperidine rings is 1. The third-order valence-electron chi connectivity index (χ3n) is 6.88. The number of piperazine rings is 1. The summed E-state index contributed by atoms with van der Waals surface area (Å²) in [4.78, 5) is 9.40. The van der Waals surface area contributed by atoms with E-state index in [0.29, 0.717) is 17.5 Å². The number of fused-ring (bicyclic) bond motifs is 1. The molecule has 0 aliphatic carbocycles. The van der Waals surface area contributed by atoms with Crippen LogP contribution in [0.1, 0.15) is 24.5 Å². The second-order valence-corrected chi connectivity index (χ2v) is 9.37. The summed E-state index contributed by atoms with van der Waals surface area (Å²) in [5.74, 6) is 0.591. The molecule has 2 N–H and O–H groups in total. The molecule has 3 heterocycles. The van der Waals surface area contributed by atoms with E-state index in [-0.39, 0.29) is 0 Å². The molecule has 1 aromatic heterocycles. The highest BCUT2D eigenvalue weighted by Crippen LogP contribution is 2.31. The molecule has 2 saturated heterocycles. The molecule has 0 radical (unpaired) electrons. The van der Waals surface area contributed by atoms with Gasteiger partial charge in [-0.1, -0.05) is 19.1 Å². The molecule has 2 aliphatic heterocycles. The maximum Gasteiger partial charge on any atom is 0.101 e. The van der Waals surface area contributed by atoms with Gasteiger partial charge in [0.15, 0.2) is 0 Å². The van der Waals surface area contributed by atoms with Crippen molar-refractivity contribution in [3.05, 3.63) is 65.9 Å². The minimum Gasteiger partial charge on any atom is -0.369 e. The van der Waals surface area contributed by atoms with Gasteiger partial charge in [0.25, 0.3) is 0 Å². The number of nitrogens with one attached hydrogen (secondary N) is 2. The summed E-state index contributed by atoms with van der Waals surface area (Å²) in [6.07, 6.45) is 2.94. The summed E-state index contributed by atoms with van der Waals surface area (Å²) < 4.78 is 0. The number of benzene rings is 2. The zero-order valence-electron chi connectivity index (χ0n) is 19.3. The van der Waals surface area contributed by atoms with E-state index in [1.807, 2.05) is 12.1 Å². The summed E-state index contributed by atoms with van der Waals surface area (Å²) in [6, 6.07) is 19.8. The fourth-order valence-electron chi connectivity index (χ4n) is 5.23. The van der Waals surface area contributed by atoms with E-state index in [2.05, 4.69) is 74.8 Å². The van der Waals surface area contributed by atoms with Crippen LogP contribution < -0.4 is 20.4 Å². The van der Waals surface area contributed by atoms with E-state index in [9.17, 15) is 5.26 Å². The number of anilines is 2. The lowest BCUT2D eigenvalue weighted by Gasteiger charge is -2.39. The molecule has 0 amide bonds. The van der Waals surface area contributed by atoms with Crippen molar-refractivity contribution < 1.29 is 0 Å². The predicted molar refractivity (Wildman–Crippen MR) is 135 cm³/mol. The van der Waals surface area contributed by atoms with Crippen LogP contribution in [0, 0.1) is 17.2 Å². The SMILES string of the molecule is C[C@H]1C[C@@H](NCc2ccc(N3CCNCC3)cc2)CN(c2ccc(C#N)c3ncccc23)C1. The molecular weight excluding hydrogens is 408 g/mol. The van der Waals surface area contributed by atoms with Crippen molar-refractivity contribution in [1.82, 2.24) is 15.6 Å². The fourth-order valence-corrected chi connectivity index (χ4v) is 5.23. The molecule has 0 spiro atoms. The number of aromatic nitrogens is 1. The molecule has 6 heteroatoms. The first-order chi connectivity index (χ1) is 16.2. The Hall–Kier alpha value is -3.14. The molecular formula is C27H32N6. The van der Waals surface area contributed by atoms with Gasteiger partial charge in [-0.25, -0.2) is 0 Å². The van der Waals surface area contributed by atoms with Crippen molar-refractivity contribution in [2.24, 2.45) is 5.92 Å². The van der Waals surface area contributed by atoms with Gasteiger partial charge in [0, 0.05) is 74.8 Å². The molecule has 5 rings (SSSR count). The van der Waals surface area contributed by atoms with Crippen LogP contribution in [0.5, 0.6) is 0 Å². The van der Waals surface area contributed by atoms with Gasteiger partial charge in [0.2, 0.25) is 0 Å². The summed E-state index contributed by atoms with van der Waals surface area (Å²) in [5, 5.41) is 17.8. The Labute approximate surface area is 196 Å². The van der Waals surface area contributed by atoms with Crippen LogP contribution in [0.15, 0.2) is 54.7 Å². The normalized spacial score (nSPS) is 21.2. The van der Waals surface area contributed by atoms with E-state index in [1.54, 1.807) is 6.20 Å². The maximum atomic E-state index is 9.47. The Morgan fingerprint density at radius 2 is 1.88 bits per heavy atom. The highest BCUT2D eigenvalue weighted by molar-refractivity contribution is 5.95. The third kappa shape index (κ3) is 4.80. The first-order valence-electron chi connectivity index (χ1n) is 12.0. The van der Waals surface area contributed by atoms with E-state index in [1.165, 1.54) is 23.4 Å². The zero-order valence-corrected chi connectivity index (χ0v) is 19.3.